The quantitative estimate of drug-likeness (QED) is 0.524. The molecule has 0 aliphatic rings. The summed E-state index contributed by atoms with van der Waals surface area (Å²) in [5.41, 5.74) is 0. The van der Waals surface area contributed by atoms with E-state index < -0.39 is 0 Å². The monoisotopic (exact) mass is 223 g/mol. The van der Waals surface area contributed by atoms with Crippen LogP contribution in [0.1, 0.15) is 6.92 Å². The number of carbonyl (C=O) groups is 1. The fourth-order valence-electron chi connectivity index (χ4n) is 0.444. The maximum Gasteiger partial charge on any atom is 0.319 e. The molecule has 0 aliphatic heterocycles. The van der Waals surface area contributed by atoms with E-state index in [0.717, 1.165) is 6.54 Å². The molecule has 66 valence electrons. The summed E-state index contributed by atoms with van der Waals surface area (Å²) in [6.07, 6.45) is 0. The maximum atomic E-state index is 10.8. The lowest BCUT2D eigenvalue weighted by Gasteiger charge is -2.10. The van der Waals surface area contributed by atoms with E-state index in [2.05, 4.69) is 15.9 Å². The van der Waals surface area contributed by atoms with Crippen LogP contribution in [0.3, 0.4) is 0 Å². The molecule has 0 fully saturated rings. The first-order valence-corrected chi connectivity index (χ1v) is 4.41. The van der Waals surface area contributed by atoms with Gasteiger partial charge in [0, 0.05) is 6.54 Å². The number of esters is 1. The molecule has 0 bridgehead atoms. The van der Waals surface area contributed by atoms with Crippen molar-refractivity contribution in [3.63, 3.8) is 0 Å². The molecule has 0 aromatic heterocycles. The molecule has 11 heavy (non-hydrogen) atoms. The van der Waals surface area contributed by atoms with Crippen LogP contribution in [0.15, 0.2) is 0 Å². The van der Waals surface area contributed by atoms with Crippen molar-refractivity contribution >= 4 is 21.9 Å². The number of hydrogen-bond acceptors (Lipinski definition) is 3. The predicted molar refractivity (Wildman–Crippen MR) is 47.9 cm³/mol. The molecule has 0 amide bonds. The van der Waals surface area contributed by atoms with Gasteiger partial charge in [0.15, 0.2) is 0 Å². The molecule has 3 nitrogen and oxygen atoms in total. The molecule has 0 heterocycles. The average Bonchev–Trinajstić information content (AvgIpc) is 1.86. The van der Waals surface area contributed by atoms with Crippen LogP contribution >= 0.6 is 15.9 Å². The number of alkyl halides is 1. The largest absolute Gasteiger partial charge is 0.463 e. The lowest BCUT2D eigenvalue weighted by molar-refractivity contribution is -0.142. The van der Waals surface area contributed by atoms with Crippen LogP contribution in [-0.2, 0) is 9.53 Å². The molecular formula is C7H14BrNO2. The molecule has 0 N–H and O–H groups in total. The van der Waals surface area contributed by atoms with Gasteiger partial charge < -0.3 is 9.64 Å². The second-order valence-electron chi connectivity index (χ2n) is 2.59. The number of rotatable bonds is 4. The topological polar surface area (TPSA) is 29.5 Å². The number of halogens is 1. The molecule has 0 spiro atoms. The van der Waals surface area contributed by atoms with E-state index in [1.807, 2.05) is 19.0 Å². The molecule has 1 unspecified atom stereocenters. The minimum absolute atomic E-state index is 0.202. The molecule has 0 aromatic rings. The standard InChI is InChI=1S/C7H14BrNO2/c1-6(8)7(10)11-5-4-9(2)3/h6H,4-5H2,1-3H3. The first-order chi connectivity index (χ1) is 5.04. The minimum atomic E-state index is -0.204. The van der Waals surface area contributed by atoms with E-state index in [0.29, 0.717) is 6.61 Å². The number of ether oxygens (including phenoxy) is 1. The molecule has 0 saturated carbocycles. The maximum absolute atomic E-state index is 10.8. The Labute approximate surface area is 75.8 Å². The predicted octanol–water partition coefficient (Wildman–Crippen LogP) is 0.875. The first kappa shape index (κ1) is 10.9. The summed E-state index contributed by atoms with van der Waals surface area (Å²) in [7, 11) is 3.87. The Hall–Kier alpha value is -0.0900. The van der Waals surface area contributed by atoms with Crippen LogP contribution in [0.2, 0.25) is 0 Å². The number of carbonyl (C=O) groups excluding carboxylic acids is 1. The van der Waals surface area contributed by atoms with E-state index >= 15 is 0 Å². The summed E-state index contributed by atoms with van der Waals surface area (Å²) >= 11 is 3.12. The number of likely N-dealkylation sites (N-methyl/N-ethyl adjacent to an activating group) is 1. The van der Waals surface area contributed by atoms with Crippen molar-refractivity contribution in [3.8, 4) is 0 Å². The zero-order chi connectivity index (χ0) is 8.85. The van der Waals surface area contributed by atoms with Gasteiger partial charge in [0.05, 0.1) is 0 Å². The third-order valence-electron chi connectivity index (χ3n) is 1.11. The van der Waals surface area contributed by atoms with Gasteiger partial charge in [-0.1, -0.05) is 15.9 Å². The fraction of sp³-hybridized carbons (Fsp3) is 0.857. The molecule has 0 saturated heterocycles. The molecule has 1 atom stereocenters. The Morgan fingerprint density at radius 1 is 1.64 bits per heavy atom. The molecule has 4 heteroatoms. The van der Waals surface area contributed by atoms with Crippen molar-refractivity contribution in [2.24, 2.45) is 0 Å². The molecule has 0 rings (SSSR count). The fourth-order valence-corrected chi connectivity index (χ4v) is 0.576. The average molecular weight is 224 g/mol. The van der Waals surface area contributed by atoms with Crippen molar-refractivity contribution < 1.29 is 9.53 Å². The zero-order valence-corrected chi connectivity index (χ0v) is 8.72. The zero-order valence-electron chi connectivity index (χ0n) is 7.13. The van der Waals surface area contributed by atoms with E-state index in [1.54, 1.807) is 6.92 Å². The lowest BCUT2D eigenvalue weighted by Crippen LogP contribution is -2.22. The van der Waals surface area contributed by atoms with Gasteiger partial charge in [0.2, 0.25) is 0 Å². The third-order valence-corrected chi connectivity index (χ3v) is 1.48. The lowest BCUT2D eigenvalue weighted by atomic mass is 10.5. The normalized spacial score (nSPS) is 13.2. The van der Waals surface area contributed by atoms with Crippen LogP contribution in [0.25, 0.3) is 0 Å². The smallest absolute Gasteiger partial charge is 0.319 e. The Balaban J connectivity index is 3.32. The Kier molecular flexibility index (Phi) is 5.50. The van der Waals surface area contributed by atoms with Gasteiger partial charge in [-0.15, -0.1) is 0 Å². The highest BCUT2D eigenvalue weighted by Crippen LogP contribution is 1.99. The SMILES string of the molecule is CC(Br)C(=O)OCCN(C)C. The minimum Gasteiger partial charge on any atom is -0.463 e. The molecule has 0 aromatic carbocycles. The molecule has 0 radical (unpaired) electrons. The van der Waals surface area contributed by atoms with Crippen molar-refractivity contribution in [3.05, 3.63) is 0 Å². The van der Waals surface area contributed by atoms with Gasteiger partial charge in [-0.05, 0) is 21.0 Å². The van der Waals surface area contributed by atoms with E-state index in [1.165, 1.54) is 0 Å². The van der Waals surface area contributed by atoms with Gasteiger partial charge >= 0.3 is 5.97 Å². The van der Waals surface area contributed by atoms with Gasteiger partial charge in [-0.25, -0.2) is 0 Å². The third kappa shape index (κ3) is 6.31. The number of nitrogens with zero attached hydrogens (tertiary/aromatic N) is 1. The van der Waals surface area contributed by atoms with Crippen LogP contribution in [-0.4, -0.2) is 42.9 Å². The van der Waals surface area contributed by atoms with Crippen molar-refractivity contribution in [1.82, 2.24) is 4.90 Å². The Morgan fingerprint density at radius 3 is 2.55 bits per heavy atom. The van der Waals surface area contributed by atoms with Crippen LogP contribution in [0.5, 0.6) is 0 Å². The van der Waals surface area contributed by atoms with Crippen LogP contribution < -0.4 is 0 Å². The van der Waals surface area contributed by atoms with Gasteiger partial charge in [-0.3, -0.25) is 4.79 Å². The highest BCUT2D eigenvalue weighted by atomic mass is 79.9. The summed E-state index contributed by atoms with van der Waals surface area (Å²) in [5, 5.41) is 0. The Bertz CT molecular complexity index is 126. The second-order valence-corrected chi connectivity index (χ2v) is 3.96. The van der Waals surface area contributed by atoms with E-state index in [-0.39, 0.29) is 10.8 Å². The summed E-state index contributed by atoms with van der Waals surface area (Å²) in [6.45, 7) is 2.98. The highest BCUT2D eigenvalue weighted by Gasteiger charge is 2.08. The number of hydrogen-bond donors (Lipinski definition) is 0. The van der Waals surface area contributed by atoms with Crippen molar-refractivity contribution in [2.45, 2.75) is 11.8 Å². The first-order valence-electron chi connectivity index (χ1n) is 3.49. The molecule has 0 aliphatic carbocycles. The van der Waals surface area contributed by atoms with E-state index in [4.69, 9.17) is 4.74 Å². The van der Waals surface area contributed by atoms with E-state index in [9.17, 15) is 4.79 Å². The molecular weight excluding hydrogens is 210 g/mol. The summed E-state index contributed by atoms with van der Waals surface area (Å²) in [6, 6.07) is 0. The van der Waals surface area contributed by atoms with Crippen LogP contribution in [0, 0.1) is 0 Å². The van der Waals surface area contributed by atoms with Crippen LogP contribution in [0.4, 0.5) is 0 Å². The van der Waals surface area contributed by atoms with Crippen molar-refractivity contribution in [1.29, 1.82) is 0 Å². The van der Waals surface area contributed by atoms with Gasteiger partial charge in [0.25, 0.3) is 0 Å². The van der Waals surface area contributed by atoms with Gasteiger partial charge in [0.1, 0.15) is 11.4 Å². The summed E-state index contributed by atoms with van der Waals surface area (Å²) in [4.78, 5) is 12.6. The van der Waals surface area contributed by atoms with Gasteiger partial charge in [-0.2, -0.15) is 0 Å². The summed E-state index contributed by atoms with van der Waals surface area (Å²) in [5.74, 6) is -0.202. The highest BCUT2D eigenvalue weighted by molar-refractivity contribution is 9.10. The Morgan fingerprint density at radius 2 is 2.18 bits per heavy atom. The summed E-state index contributed by atoms with van der Waals surface area (Å²) < 4.78 is 4.89. The van der Waals surface area contributed by atoms with Crippen molar-refractivity contribution in [2.75, 3.05) is 27.2 Å². The second kappa shape index (κ2) is 5.55.